The number of carbonyl (C=O) groups is 2. The van der Waals surface area contributed by atoms with Crippen molar-refractivity contribution in [3.63, 3.8) is 0 Å². The average Bonchev–Trinajstić information content (AvgIpc) is 2.70. The minimum atomic E-state index is -0.460. The Kier molecular flexibility index (Phi) is 7.13. The molecule has 0 bridgehead atoms. The van der Waals surface area contributed by atoms with E-state index in [1.807, 2.05) is 9.80 Å². The maximum Gasteiger partial charge on any atom is 0.274 e. The molecule has 10 nitrogen and oxygen atoms in total. The highest BCUT2D eigenvalue weighted by Gasteiger charge is 2.24. The van der Waals surface area contributed by atoms with E-state index in [1.54, 1.807) is 19.1 Å². The molecule has 3 rings (SSSR count). The van der Waals surface area contributed by atoms with Crippen LogP contribution in [0.25, 0.3) is 0 Å². The van der Waals surface area contributed by atoms with Crippen LogP contribution < -0.4 is 5.32 Å². The molecule has 2 fully saturated rings. The molecule has 1 N–H and O–H groups in total. The highest BCUT2D eigenvalue weighted by atomic mass is 16.6. The number of morpholine rings is 1. The Morgan fingerprint density at radius 3 is 2.38 bits per heavy atom. The second-order valence-electron chi connectivity index (χ2n) is 7.35. The van der Waals surface area contributed by atoms with Crippen molar-refractivity contribution >= 4 is 23.2 Å². The van der Waals surface area contributed by atoms with Crippen LogP contribution in [0.5, 0.6) is 0 Å². The van der Waals surface area contributed by atoms with Gasteiger partial charge in [0.05, 0.1) is 31.2 Å². The van der Waals surface area contributed by atoms with Gasteiger partial charge in [-0.25, -0.2) is 0 Å². The minimum absolute atomic E-state index is 0.0183. The Balaban J connectivity index is 1.43. The summed E-state index contributed by atoms with van der Waals surface area (Å²) in [5.74, 6) is -0.112. The van der Waals surface area contributed by atoms with Crippen molar-refractivity contribution in [2.45, 2.75) is 6.92 Å². The van der Waals surface area contributed by atoms with E-state index in [-0.39, 0.29) is 24.0 Å². The number of ether oxygens (including phenoxy) is 1. The zero-order chi connectivity index (χ0) is 20.8. The van der Waals surface area contributed by atoms with Crippen LogP contribution in [0.4, 0.5) is 11.4 Å². The largest absolute Gasteiger partial charge is 0.379 e. The molecule has 158 valence electrons. The molecule has 2 heterocycles. The third kappa shape index (κ3) is 5.96. The van der Waals surface area contributed by atoms with Crippen molar-refractivity contribution in [2.75, 3.05) is 70.9 Å². The number of rotatable bonds is 6. The number of nitrogens with zero attached hydrogens (tertiary/aromatic N) is 4. The Labute approximate surface area is 169 Å². The van der Waals surface area contributed by atoms with Crippen LogP contribution in [0.3, 0.4) is 0 Å². The predicted molar refractivity (Wildman–Crippen MR) is 107 cm³/mol. The van der Waals surface area contributed by atoms with Gasteiger partial charge in [0.2, 0.25) is 11.8 Å². The second kappa shape index (κ2) is 9.77. The van der Waals surface area contributed by atoms with Gasteiger partial charge in [0.1, 0.15) is 0 Å². The van der Waals surface area contributed by atoms with Gasteiger partial charge in [-0.15, -0.1) is 0 Å². The predicted octanol–water partition coefficient (Wildman–Crippen LogP) is 0.318. The van der Waals surface area contributed by atoms with E-state index < -0.39 is 4.92 Å². The third-order valence-corrected chi connectivity index (χ3v) is 5.24. The first-order valence-corrected chi connectivity index (χ1v) is 9.77. The summed E-state index contributed by atoms with van der Waals surface area (Å²) in [6.45, 7) is 7.57. The van der Waals surface area contributed by atoms with Crippen molar-refractivity contribution in [2.24, 2.45) is 0 Å². The average molecular weight is 405 g/mol. The molecule has 1 aromatic rings. The van der Waals surface area contributed by atoms with E-state index in [9.17, 15) is 19.7 Å². The molecule has 0 aliphatic carbocycles. The first-order chi connectivity index (χ1) is 13.9. The molecule has 0 aromatic heterocycles. The van der Waals surface area contributed by atoms with E-state index in [0.717, 1.165) is 13.1 Å². The summed E-state index contributed by atoms with van der Waals surface area (Å²) < 4.78 is 5.30. The van der Waals surface area contributed by atoms with Crippen LogP contribution in [-0.2, 0) is 14.3 Å². The van der Waals surface area contributed by atoms with E-state index in [1.165, 1.54) is 6.07 Å². The van der Waals surface area contributed by atoms with Gasteiger partial charge in [0, 0.05) is 56.6 Å². The number of aryl methyl sites for hydroxylation is 1. The Morgan fingerprint density at radius 1 is 1.07 bits per heavy atom. The molecule has 29 heavy (non-hydrogen) atoms. The van der Waals surface area contributed by atoms with Crippen LogP contribution in [0.15, 0.2) is 18.2 Å². The number of hydrogen-bond acceptors (Lipinski definition) is 7. The van der Waals surface area contributed by atoms with Crippen LogP contribution in [0, 0.1) is 17.0 Å². The summed E-state index contributed by atoms with van der Waals surface area (Å²) in [6, 6.07) is 4.64. The minimum Gasteiger partial charge on any atom is -0.379 e. The summed E-state index contributed by atoms with van der Waals surface area (Å²) in [6.07, 6.45) is 0. The molecular weight excluding hydrogens is 378 g/mol. The molecule has 1 aromatic carbocycles. The monoisotopic (exact) mass is 405 g/mol. The number of hydrogen-bond donors (Lipinski definition) is 1. The maximum atomic E-state index is 12.4. The fourth-order valence-electron chi connectivity index (χ4n) is 3.49. The molecule has 2 amide bonds. The molecular formula is C19H27N5O5. The lowest BCUT2D eigenvalue weighted by molar-refractivity contribution is -0.385. The van der Waals surface area contributed by atoms with Gasteiger partial charge >= 0.3 is 0 Å². The number of anilines is 1. The topological polar surface area (TPSA) is 108 Å². The fraction of sp³-hybridized carbons (Fsp3) is 0.579. The van der Waals surface area contributed by atoms with Crippen LogP contribution in [-0.4, -0.2) is 97.0 Å². The van der Waals surface area contributed by atoms with E-state index >= 15 is 0 Å². The number of amides is 2. The molecule has 0 saturated carbocycles. The molecule has 2 aliphatic heterocycles. The summed E-state index contributed by atoms with van der Waals surface area (Å²) in [5.41, 5.74) is 0.938. The zero-order valence-electron chi connectivity index (χ0n) is 16.6. The molecule has 0 radical (unpaired) electrons. The molecule has 0 atom stereocenters. The fourth-order valence-corrected chi connectivity index (χ4v) is 3.49. The highest BCUT2D eigenvalue weighted by molar-refractivity contribution is 5.92. The van der Waals surface area contributed by atoms with Gasteiger partial charge in [-0.3, -0.25) is 29.5 Å². The molecule has 10 heteroatoms. The number of piperazine rings is 1. The first-order valence-electron chi connectivity index (χ1n) is 9.77. The number of nitrogens with one attached hydrogen (secondary N) is 1. The summed E-state index contributed by atoms with van der Waals surface area (Å²) >= 11 is 0. The van der Waals surface area contributed by atoms with Crippen LogP contribution >= 0.6 is 0 Å². The van der Waals surface area contributed by atoms with Gasteiger partial charge in [-0.05, 0) is 13.0 Å². The lowest BCUT2D eigenvalue weighted by Crippen LogP contribution is -2.53. The Hall–Kier alpha value is -2.56. The number of benzene rings is 1. The van der Waals surface area contributed by atoms with Gasteiger partial charge in [0.25, 0.3) is 5.69 Å². The van der Waals surface area contributed by atoms with Gasteiger partial charge in [-0.1, -0.05) is 6.07 Å². The second-order valence-corrected chi connectivity index (χ2v) is 7.35. The first kappa shape index (κ1) is 21.2. The zero-order valence-corrected chi connectivity index (χ0v) is 16.6. The number of nitro groups is 1. The SMILES string of the molecule is Cc1ccc(NC(=O)CN2CCN(C(=O)CN3CCOCC3)CC2)cc1[N+](=O)[O-]. The van der Waals surface area contributed by atoms with Gasteiger partial charge < -0.3 is 15.0 Å². The van der Waals surface area contributed by atoms with Crippen molar-refractivity contribution in [3.8, 4) is 0 Å². The Morgan fingerprint density at radius 2 is 1.72 bits per heavy atom. The lowest BCUT2D eigenvalue weighted by atomic mass is 10.2. The molecule has 0 spiro atoms. The lowest BCUT2D eigenvalue weighted by Gasteiger charge is -2.36. The standard InChI is InChI=1S/C19H27N5O5/c1-15-2-3-16(12-17(15)24(27)28)20-18(25)13-21-4-6-23(7-5-21)19(26)14-22-8-10-29-11-9-22/h2-3,12H,4-11,13-14H2,1H3,(H,20,25). The van der Waals surface area contributed by atoms with Gasteiger partial charge in [0.15, 0.2) is 0 Å². The number of nitro benzene ring substituents is 1. The Bertz CT molecular complexity index is 757. The quantitative estimate of drug-likeness (QED) is 0.536. The molecule has 2 saturated heterocycles. The summed E-state index contributed by atoms with van der Waals surface area (Å²) in [5, 5.41) is 13.7. The number of carbonyl (C=O) groups excluding carboxylic acids is 2. The van der Waals surface area contributed by atoms with Crippen LogP contribution in [0.1, 0.15) is 5.56 Å². The normalized spacial score (nSPS) is 18.4. The third-order valence-electron chi connectivity index (χ3n) is 5.24. The van der Waals surface area contributed by atoms with Crippen molar-refractivity contribution in [3.05, 3.63) is 33.9 Å². The van der Waals surface area contributed by atoms with E-state index in [2.05, 4.69) is 10.2 Å². The maximum absolute atomic E-state index is 12.4. The van der Waals surface area contributed by atoms with Crippen molar-refractivity contribution in [1.82, 2.24) is 14.7 Å². The summed E-state index contributed by atoms with van der Waals surface area (Å²) in [4.78, 5) is 41.2. The molecule has 0 unspecified atom stereocenters. The van der Waals surface area contributed by atoms with E-state index in [0.29, 0.717) is 57.2 Å². The van der Waals surface area contributed by atoms with Crippen molar-refractivity contribution < 1.29 is 19.2 Å². The molecule has 2 aliphatic rings. The highest BCUT2D eigenvalue weighted by Crippen LogP contribution is 2.22. The summed E-state index contributed by atoms with van der Waals surface area (Å²) in [7, 11) is 0. The van der Waals surface area contributed by atoms with Crippen LogP contribution in [0.2, 0.25) is 0 Å². The van der Waals surface area contributed by atoms with Gasteiger partial charge in [-0.2, -0.15) is 0 Å². The smallest absolute Gasteiger partial charge is 0.274 e. The van der Waals surface area contributed by atoms with E-state index in [4.69, 9.17) is 4.74 Å². The van der Waals surface area contributed by atoms with Crippen molar-refractivity contribution in [1.29, 1.82) is 0 Å².